The van der Waals surface area contributed by atoms with E-state index in [1.165, 1.54) is 0 Å². The summed E-state index contributed by atoms with van der Waals surface area (Å²) in [6, 6.07) is 10.6. The molecule has 0 radical (unpaired) electrons. The van der Waals surface area contributed by atoms with Crippen molar-refractivity contribution in [3.05, 3.63) is 35.9 Å². The Bertz CT molecular complexity index is 392. The Morgan fingerprint density at radius 1 is 1.19 bits per heavy atom. The molecule has 1 aromatic rings. The average molecular weight is 291 g/mol. The van der Waals surface area contributed by atoms with Crippen LogP contribution in [0.25, 0.3) is 0 Å². The van der Waals surface area contributed by atoms with Gasteiger partial charge in [0.25, 0.3) is 0 Å². The highest BCUT2D eigenvalue weighted by atomic mass is 16.1. The highest BCUT2D eigenvalue weighted by Gasteiger charge is 2.03. The molecule has 2 N–H and O–H groups in total. The molecular formula is C17H29N3O. The van der Waals surface area contributed by atoms with Crippen LogP contribution in [0.3, 0.4) is 0 Å². The van der Waals surface area contributed by atoms with Gasteiger partial charge in [-0.2, -0.15) is 0 Å². The summed E-state index contributed by atoms with van der Waals surface area (Å²) in [4.78, 5) is 14.0. The lowest BCUT2D eigenvalue weighted by atomic mass is 10.2. The van der Waals surface area contributed by atoms with E-state index < -0.39 is 0 Å². The summed E-state index contributed by atoms with van der Waals surface area (Å²) in [5.41, 5.74) is 1.13. The predicted molar refractivity (Wildman–Crippen MR) is 88.2 cm³/mol. The smallest absolute Gasteiger partial charge is 0.234 e. The molecule has 0 bridgehead atoms. The van der Waals surface area contributed by atoms with E-state index in [1.807, 2.05) is 30.3 Å². The Morgan fingerprint density at radius 2 is 1.90 bits per heavy atom. The molecule has 0 atom stereocenters. The summed E-state index contributed by atoms with van der Waals surface area (Å²) in [6.45, 7) is 7.41. The van der Waals surface area contributed by atoms with Crippen LogP contribution in [0.1, 0.15) is 32.3 Å². The van der Waals surface area contributed by atoms with Crippen molar-refractivity contribution in [1.82, 2.24) is 15.5 Å². The largest absolute Gasteiger partial charge is 0.351 e. The third kappa shape index (κ3) is 8.48. The Kier molecular flexibility index (Phi) is 8.71. The van der Waals surface area contributed by atoms with E-state index in [9.17, 15) is 4.79 Å². The first-order valence-electron chi connectivity index (χ1n) is 7.81. The molecule has 118 valence electrons. The summed E-state index contributed by atoms with van der Waals surface area (Å²) < 4.78 is 0. The number of unbranched alkanes of at least 4 members (excludes halogenated alkanes) is 1. The monoisotopic (exact) mass is 291 g/mol. The van der Waals surface area contributed by atoms with Crippen LogP contribution in [0, 0.1) is 0 Å². The fourth-order valence-corrected chi connectivity index (χ4v) is 1.93. The lowest BCUT2D eigenvalue weighted by Gasteiger charge is -2.20. The number of carbonyl (C=O) groups excluding carboxylic acids is 1. The van der Waals surface area contributed by atoms with Gasteiger partial charge in [-0.15, -0.1) is 0 Å². The standard InChI is InChI=1S/C17H29N3O/c1-15(2)20(3)12-8-7-11-18-14-17(21)19-13-16-9-5-4-6-10-16/h4-6,9-10,15,18H,7-8,11-14H2,1-3H3,(H,19,21). The van der Waals surface area contributed by atoms with Gasteiger partial charge in [0.1, 0.15) is 0 Å². The first kappa shape index (κ1) is 17.7. The summed E-state index contributed by atoms with van der Waals surface area (Å²) >= 11 is 0. The highest BCUT2D eigenvalue weighted by Crippen LogP contribution is 1.98. The van der Waals surface area contributed by atoms with Gasteiger partial charge >= 0.3 is 0 Å². The van der Waals surface area contributed by atoms with Gasteiger partial charge in [-0.25, -0.2) is 0 Å². The molecule has 0 aromatic heterocycles. The van der Waals surface area contributed by atoms with Crippen LogP contribution in [0.15, 0.2) is 30.3 Å². The molecular weight excluding hydrogens is 262 g/mol. The van der Waals surface area contributed by atoms with E-state index in [1.54, 1.807) is 0 Å². The van der Waals surface area contributed by atoms with Gasteiger partial charge < -0.3 is 15.5 Å². The van der Waals surface area contributed by atoms with Crippen LogP contribution in [0.5, 0.6) is 0 Å². The van der Waals surface area contributed by atoms with Crippen molar-refractivity contribution in [2.75, 3.05) is 26.7 Å². The zero-order valence-corrected chi connectivity index (χ0v) is 13.6. The number of rotatable bonds is 10. The first-order valence-corrected chi connectivity index (χ1v) is 7.81. The van der Waals surface area contributed by atoms with Gasteiger partial charge in [0, 0.05) is 12.6 Å². The molecule has 4 heteroatoms. The molecule has 0 unspecified atom stereocenters. The van der Waals surface area contributed by atoms with E-state index in [-0.39, 0.29) is 5.91 Å². The molecule has 0 saturated heterocycles. The fourth-order valence-electron chi connectivity index (χ4n) is 1.93. The maximum Gasteiger partial charge on any atom is 0.234 e. The average Bonchev–Trinajstić information content (AvgIpc) is 2.49. The van der Waals surface area contributed by atoms with Crippen molar-refractivity contribution in [2.45, 2.75) is 39.3 Å². The molecule has 0 saturated carbocycles. The fraction of sp³-hybridized carbons (Fsp3) is 0.588. The van der Waals surface area contributed by atoms with Crippen LogP contribution in [-0.4, -0.2) is 43.5 Å². The van der Waals surface area contributed by atoms with Crippen LogP contribution < -0.4 is 10.6 Å². The summed E-state index contributed by atoms with van der Waals surface area (Å²) in [7, 11) is 2.15. The zero-order valence-electron chi connectivity index (χ0n) is 13.6. The molecule has 1 amide bonds. The van der Waals surface area contributed by atoms with Crippen molar-refractivity contribution in [2.24, 2.45) is 0 Å². The van der Waals surface area contributed by atoms with E-state index >= 15 is 0 Å². The van der Waals surface area contributed by atoms with Crippen LogP contribution in [0.2, 0.25) is 0 Å². The van der Waals surface area contributed by atoms with E-state index in [0.29, 0.717) is 19.1 Å². The lowest BCUT2D eigenvalue weighted by Crippen LogP contribution is -2.34. The maximum absolute atomic E-state index is 11.7. The minimum absolute atomic E-state index is 0.0538. The lowest BCUT2D eigenvalue weighted by molar-refractivity contribution is -0.120. The predicted octanol–water partition coefficient (Wildman–Crippen LogP) is 2.01. The van der Waals surface area contributed by atoms with Crippen LogP contribution >= 0.6 is 0 Å². The topological polar surface area (TPSA) is 44.4 Å². The molecule has 0 fully saturated rings. The molecule has 0 spiro atoms. The Labute approximate surface area is 128 Å². The van der Waals surface area contributed by atoms with Gasteiger partial charge in [-0.1, -0.05) is 30.3 Å². The minimum Gasteiger partial charge on any atom is -0.351 e. The second-order valence-corrected chi connectivity index (χ2v) is 5.72. The van der Waals surface area contributed by atoms with Gasteiger partial charge in [0.05, 0.1) is 6.54 Å². The molecule has 1 rings (SSSR count). The molecule has 21 heavy (non-hydrogen) atoms. The number of nitrogens with one attached hydrogen (secondary N) is 2. The number of hydrogen-bond acceptors (Lipinski definition) is 3. The highest BCUT2D eigenvalue weighted by molar-refractivity contribution is 5.77. The van der Waals surface area contributed by atoms with Gasteiger partial charge in [-0.3, -0.25) is 4.79 Å². The van der Waals surface area contributed by atoms with Crippen LogP contribution in [0.4, 0.5) is 0 Å². The number of amides is 1. The Hall–Kier alpha value is -1.39. The van der Waals surface area contributed by atoms with Gasteiger partial charge in [-0.05, 0) is 52.4 Å². The Morgan fingerprint density at radius 3 is 2.57 bits per heavy atom. The second-order valence-electron chi connectivity index (χ2n) is 5.72. The van der Waals surface area contributed by atoms with Crippen molar-refractivity contribution < 1.29 is 4.79 Å². The van der Waals surface area contributed by atoms with E-state index in [4.69, 9.17) is 0 Å². The van der Waals surface area contributed by atoms with Crippen LogP contribution in [-0.2, 0) is 11.3 Å². The van der Waals surface area contributed by atoms with Crippen molar-refractivity contribution in [1.29, 1.82) is 0 Å². The zero-order chi connectivity index (χ0) is 15.5. The van der Waals surface area contributed by atoms with E-state index in [2.05, 4.69) is 36.4 Å². The molecule has 4 nitrogen and oxygen atoms in total. The van der Waals surface area contributed by atoms with Gasteiger partial charge in [0.2, 0.25) is 5.91 Å². The number of nitrogens with zero attached hydrogens (tertiary/aromatic N) is 1. The van der Waals surface area contributed by atoms with Gasteiger partial charge in [0.15, 0.2) is 0 Å². The Balaban J connectivity index is 1.99. The number of hydrogen-bond donors (Lipinski definition) is 2. The molecule has 0 aliphatic carbocycles. The van der Waals surface area contributed by atoms with Crippen molar-refractivity contribution in [3.8, 4) is 0 Å². The molecule has 0 aliphatic rings. The third-order valence-electron chi connectivity index (χ3n) is 3.61. The normalized spacial score (nSPS) is 11.1. The van der Waals surface area contributed by atoms with E-state index in [0.717, 1.165) is 31.5 Å². The van der Waals surface area contributed by atoms with Crippen molar-refractivity contribution >= 4 is 5.91 Å². The molecule has 0 aliphatic heterocycles. The second kappa shape index (κ2) is 10.4. The third-order valence-corrected chi connectivity index (χ3v) is 3.61. The first-order chi connectivity index (χ1) is 10.1. The summed E-state index contributed by atoms with van der Waals surface area (Å²) in [6.07, 6.45) is 2.26. The SMILES string of the molecule is CC(C)N(C)CCCCNCC(=O)NCc1ccccc1. The summed E-state index contributed by atoms with van der Waals surface area (Å²) in [5.74, 6) is 0.0538. The molecule has 0 heterocycles. The number of carbonyl (C=O) groups is 1. The molecule has 1 aromatic carbocycles. The summed E-state index contributed by atoms with van der Waals surface area (Å²) in [5, 5.41) is 6.11. The number of benzene rings is 1. The minimum atomic E-state index is 0.0538. The maximum atomic E-state index is 11.7. The van der Waals surface area contributed by atoms with Crippen molar-refractivity contribution in [3.63, 3.8) is 0 Å². The quantitative estimate of drug-likeness (QED) is 0.648.